The summed E-state index contributed by atoms with van der Waals surface area (Å²) >= 11 is 0. The molecule has 3 nitrogen and oxygen atoms in total. The zero-order valence-corrected chi connectivity index (χ0v) is 6.07. The number of hydrogen-bond donors (Lipinski definition) is 0. The summed E-state index contributed by atoms with van der Waals surface area (Å²) < 4.78 is 29.8. The topological polar surface area (TPSA) is 57.2 Å². The average Bonchev–Trinajstić information content (AvgIpc) is 1.59. The number of rotatable bonds is 3. The van der Waals surface area contributed by atoms with E-state index in [4.69, 9.17) is 0 Å². The van der Waals surface area contributed by atoms with Crippen LogP contribution in [0.15, 0.2) is 12.2 Å². The Hall–Kier alpha value is -0.350. The molecule has 0 saturated heterocycles. The highest BCUT2D eigenvalue weighted by Gasteiger charge is 1.93. The second-order valence-corrected chi connectivity index (χ2v) is 3.49. The van der Waals surface area contributed by atoms with Gasteiger partial charge in [-0.2, -0.15) is 0 Å². The molecule has 54 valence electrons. The highest BCUT2D eigenvalue weighted by molar-refractivity contribution is 7.85. The molecule has 0 aromatic rings. The molecule has 0 heterocycles. The molecule has 4 heteroatoms. The van der Waals surface area contributed by atoms with Crippen molar-refractivity contribution in [3.05, 3.63) is 12.2 Å². The molecule has 0 aliphatic carbocycles. The Labute approximate surface area is 55.1 Å². The fourth-order valence-corrected chi connectivity index (χ4v) is 0.898. The van der Waals surface area contributed by atoms with Gasteiger partial charge in [0.25, 0.3) is 0 Å². The molecule has 0 aromatic heterocycles. The Morgan fingerprint density at radius 1 is 1.67 bits per heavy atom. The largest absolute Gasteiger partial charge is 0.748 e. The van der Waals surface area contributed by atoms with E-state index >= 15 is 0 Å². The first-order valence-electron chi connectivity index (χ1n) is 2.50. The van der Waals surface area contributed by atoms with E-state index in [9.17, 15) is 13.0 Å². The van der Waals surface area contributed by atoms with Crippen molar-refractivity contribution in [1.82, 2.24) is 0 Å². The third kappa shape index (κ3) is 7.65. The molecule has 0 atom stereocenters. The summed E-state index contributed by atoms with van der Waals surface area (Å²) in [7, 11) is -4.03. The minimum atomic E-state index is -4.03. The zero-order chi connectivity index (χ0) is 7.49. The van der Waals surface area contributed by atoms with Gasteiger partial charge in [0.1, 0.15) is 0 Å². The van der Waals surface area contributed by atoms with Crippen molar-refractivity contribution in [2.24, 2.45) is 0 Å². The molecule has 0 aliphatic heterocycles. The van der Waals surface area contributed by atoms with Crippen LogP contribution in [0.4, 0.5) is 0 Å². The molecule has 9 heavy (non-hydrogen) atoms. The highest BCUT2D eigenvalue weighted by atomic mass is 32.2. The van der Waals surface area contributed by atoms with Crippen molar-refractivity contribution in [1.29, 1.82) is 0 Å². The lowest BCUT2D eigenvalue weighted by molar-refractivity contribution is 0.462. The molecular weight excluding hydrogens is 140 g/mol. The van der Waals surface area contributed by atoms with Gasteiger partial charge in [0.2, 0.25) is 0 Å². The average molecular weight is 149 g/mol. The van der Waals surface area contributed by atoms with E-state index in [1.165, 1.54) is 0 Å². The normalized spacial score (nSPS) is 11.3. The van der Waals surface area contributed by atoms with Crippen LogP contribution in [-0.2, 0) is 10.1 Å². The second-order valence-electron chi connectivity index (χ2n) is 1.97. The van der Waals surface area contributed by atoms with E-state index in [0.29, 0.717) is 0 Å². The van der Waals surface area contributed by atoms with Crippen LogP contribution in [0.25, 0.3) is 0 Å². The minimum Gasteiger partial charge on any atom is -0.748 e. The lowest BCUT2D eigenvalue weighted by Crippen LogP contribution is -2.03. The third-order valence-corrected chi connectivity index (χ3v) is 1.48. The summed E-state index contributed by atoms with van der Waals surface area (Å²) in [5.74, 6) is -0.331. The lowest BCUT2D eigenvalue weighted by Gasteiger charge is -2.04. The van der Waals surface area contributed by atoms with Crippen molar-refractivity contribution in [3.63, 3.8) is 0 Å². The van der Waals surface area contributed by atoms with Crippen LogP contribution in [0.3, 0.4) is 0 Å². The maximum Gasteiger partial charge on any atom is 0.0949 e. The molecule has 0 saturated carbocycles. The molecule has 0 spiro atoms. The van der Waals surface area contributed by atoms with E-state index in [0.717, 1.165) is 5.57 Å². The minimum absolute atomic E-state index is 0.270. The smallest absolute Gasteiger partial charge is 0.0949 e. The van der Waals surface area contributed by atoms with E-state index in [2.05, 4.69) is 6.58 Å². The first-order chi connectivity index (χ1) is 3.92. The summed E-state index contributed by atoms with van der Waals surface area (Å²) in [4.78, 5) is 0. The van der Waals surface area contributed by atoms with Crippen LogP contribution in [0.5, 0.6) is 0 Å². The number of allylic oxidation sites excluding steroid dienone is 1. The van der Waals surface area contributed by atoms with Gasteiger partial charge < -0.3 is 4.55 Å². The summed E-state index contributed by atoms with van der Waals surface area (Å²) in [5.41, 5.74) is 0.717. The Bertz CT molecular complexity index is 190. The van der Waals surface area contributed by atoms with Gasteiger partial charge in [0, 0.05) is 5.75 Å². The Kier molecular flexibility index (Phi) is 2.87. The predicted molar refractivity (Wildman–Crippen MR) is 34.0 cm³/mol. The first kappa shape index (κ1) is 8.65. The van der Waals surface area contributed by atoms with E-state index in [1.807, 2.05) is 0 Å². The number of hydrogen-bond acceptors (Lipinski definition) is 3. The van der Waals surface area contributed by atoms with Crippen LogP contribution < -0.4 is 0 Å². The highest BCUT2D eigenvalue weighted by Crippen LogP contribution is 1.97. The molecule has 0 rings (SSSR count). The molecule has 0 unspecified atom stereocenters. The molecule has 0 aliphatic rings. The molecular formula is C5H9O3S-. The Morgan fingerprint density at radius 3 is 2.22 bits per heavy atom. The SMILES string of the molecule is C=C(C)CCS(=O)(=O)[O-]. The van der Waals surface area contributed by atoms with Gasteiger partial charge in [-0.05, 0) is 13.3 Å². The van der Waals surface area contributed by atoms with Gasteiger partial charge in [0.05, 0.1) is 10.1 Å². The van der Waals surface area contributed by atoms with Crippen LogP contribution in [0.2, 0.25) is 0 Å². The van der Waals surface area contributed by atoms with Crippen molar-refractivity contribution in [2.45, 2.75) is 13.3 Å². The van der Waals surface area contributed by atoms with Crippen molar-refractivity contribution < 1.29 is 13.0 Å². The third-order valence-electron chi connectivity index (χ3n) is 0.779. The Balaban J connectivity index is 3.67. The zero-order valence-electron chi connectivity index (χ0n) is 5.25. The molecule has 0 fully saturated rings. The molecule has 0 N–H and O–H groups in total. The van der Waals surface area contributed by atoms with E-state index in [-0.39, 0.29) is 12.2 Å². The lowest BCUT2D eigenvalue weighted by atomic mass is 10.3. The van der Waals surface area contributed by atoms with Gasteiger partial charge in [-0.1, -0.05) is 5.57 Å². The fraction of sp³-hybridized carbons (Fsp3) is 0.600. The van der Waals surface area contributed by atoms with Gasteiger partial charge >= 0.3 is 0 Å². The molecule has 0 radical (unpaired) electrons. The monoisotopic (exact) mass is 149 g/mol. The van der Waals surface area contributed by atoms with Gasteiger partial charge in [0.15, 0.2) is 0 Å². The van der Waals surface area contributed by atoms with Gasteiger partial charge in [-0.25, -0.2) is 8.42 Å². The van der Waals surface area contributed by atoms with Crippen LogP contribution >= 0.6 is 0 Å². The standard InChI is InChI=1S/C5H10O3S/c1-5(2)3-4-9(6,7)8/h1,3-4H2,2H3,(H,6,7,8)/p-1. The van der Waals surface area contributed by atoms with Gasteiger partial charge in [-0.15, -0.1) is 6.58 Å². The maximum absolute atomic E-state index is 9.94. The van der Waals surface area contributed by atoms with Crippen molar-refractivity contribution in [3.8, 4) is 0 Å². The molecule has 0 amide bonds. The summed E-state index contributed by atoms with van der Waals surface area (Å²) in [6, 6.07) is 0. The first-order valence-corrected chi connectivity index (χ1v) is 4.07. The Morgan fingerprint density at radius 2 is 2.11 bits per heavy atom. The van der Waals surface area contributed by atoms with Crippen LogP contribution in [0, 0.1) is 0 Å². The fourth-order valence-electron chi connectivity index (χ4n) is 0.299. The summed E-state index contributed by atoms with van der Waals surface area (Å²) in [6.45, 7) is 5.14. The molecule has 0 bridgehead atoms. The predicted octanol–water partition coefficient (Wildman–Crippen LogP) is 0.498. The molecule has 0 aromatic carbocycles. The summed E-state index contributed by atoms with van der Waals surface area (Å²) in [5, 5.41) is 0. The summed E-state index contributed by atoms with van der Waals surface area (Å²) in [6.07, 6.45) is 0.270. The van der Waals surface area contributed by atoms with E-state index < -0.39 is 10.1 Å². The van der Waals surface area contributed by atoms with E-state index in [1.54, 1.807) is 6.92 Å². The quantitative estimate of drug-likeness (QED) is 0.433. The second kappa shape index (κ2) is 2.98. The van der Waals surface area contributed by atoms with Crippen molar-refractivity contribution in [2.75, 3.05) is 5.75 Å². The maximum atomic E-state index is 9.94. The van der Waals surface area contributed by atoms with Crippen LogP contribution in [-0.4, -0.2) is 18.7 Å². The van der Waals surface area contributed by atoms with Crippen molar-refractivity contribution >= 4 is 10.1 Å². The van der Waals surface area contributed by atoms with Gasteiger partial charge in [-0.3, -0.25) is 0 Å². The van der Waals surface area contributed by atoms with Crippen LogP contribution in [0.1, 0.15) is 13.3 Å².